The molecule has 1 aromatic heterocycles. The number of hydrogen-bond donors (Lipinski definition) is 3. The van der Waals surface area contributed by atoms with Gasteiger partial charge in [0.1, 0.15) is 35.1 Å². The zero-order valence-electron chi connectivity index (χ0n) is 31.0. The minimum Gasteiger partial charge on any atom is -0.487 e. The van der Waals surface area contributed by atoms with Gasteiger partial charge in [-0.3, -0.25) is 29.0 Å². The molecule has 4 fully saturated rings. The number of alkyl carbamates (subject to hydrolysis) is 1. The van der Waals surface area contributed by atoms with Gasteiger partial charge >= 0.3 is 6.09 Å². The molecule has 5 atom stereocenters. The molecule has 14 nitrogen and oxygen atoms in total. The van der Waals surface area contributed by atoms with Gasteiger partial charge < -0.3 is 25.0 Å². The molecular formula is C39H50N6O8S. The van der Waals surface area contributed by atoms with E-state index in [1.807, 2.05) is 48.6 Å². The Morgan fingerprint density at radius 2 is 1.78 bits per heavy atom. The monoisotopic (exact) mass is 762 g/mol. The third-order valence-corrected chi connectivity index (χ3v) is 12.4. The van der Waals surface area contributed by atoms with Gasteiger partial charge in [0.25, 0.3) is 5.91 Å². The molecule has 3 N–H and O–H groups in total. The molecule has 2 aliphatic heterocycles. The topological polar surface area (TPSA) is 176 Å². The molecule has 54 heavy (non-hydrogen) atoms. The highest BCUT2D eigenvalue weighted by atomic mass is 32.2. The number of carbonyl (C=O) groups is 4. The highest BCUT2D eigenvalue weighted by molar-refractivity contribution is 7.91. The van der Waals surface area contributed by atoms with Gasteiger partial charge in [-0.1, -0.05) is 42.5 Å². The summed E-state index contributed by atoms with van der Waals surface area (Å²) in [5.74, 6) is -1.84. The summed E-state index contributed by atoms with van der Waals surface area (Å²) in [5, 5.41) is 5.09. The molecule has 0 radical (unpaired) electrons. The van der Waals surface area contributed by atoms with E-state index in [1.165, 1.54) is 4.90 Å². The van der Waals surface area contributed by atoms with Crippen LogP contribution < -0.4 is 20.1 Å². The number of amides is 4. The van der Waals surface area contributed by atoms with Crippen LogP contribution in [0, 0.1) is 5.92 Å². The zero-order valence-corrected chi connectivity index (χ0v) is 31.8. The molecule has 1 unspecified atom stereocenters. The molecule has 1 aromatic carbocycles. The SMILES string of the molecule is CC(C)(C)OC(=O)N[C@H]1CN(C2CC2)CCC/C=C\C2C[C@@]2(C(=O)NS(=O)(=O)C2CC2)NC(=O)[C@@H]2C[C@@H](Oc3cncc(-c4ccccc4)c3)CN2C1=O. The van der Waals surface area contributed by atoms with Gasteiger partial charge in [0, 0.05) is 36.7 Å². The number of fused-ring (bicyclic) bond motifs is 2. The van der Waals surface area contributed by atoms with Crippen LogP contribution in [-0.4, -0.2) is 107 Å². The average Bonchev–Trinajstić information content (AvgIpc) is 4.00. The molecule has 3 aliphatic carbocycles. The van der Waals surface area contributed by atoms with Crippen LogP contribution in [0.4, 0.5) is 4.79 Å². The minimum absolute atomic E-state index is 0.0149. The Hall–Kier alpha value is -4.50. The molecular weight excluding hydrogens is 713 g/mol. The second-order valence-corrected chi connectivity index (χ2v) is 18.2. The molecule has 5 aliphatic rings. The molecule has 0 spiro atoms. The van der Waals surface area contributed by atoms with Crippen LogP contribution in [0.1, 0.15) is 72.1 Å². The lowest BCUT2D eigenvalue weighted by atomic mass is 10.1. The van der Waals surface area contributed by atoms with Gasteiger partial charge in [-0.15, -0.1) is 0 Å². The highest BCUT2D eigenvalue weighted by Crippen LogP contribution is 2.46. The Bertz CT molecular complexity index is 1890. The second kappa shape index (κ2) is 15.0. The standard InChI is InChI=1S/C39H50N6O8S/c1-38(2,3)53-37(49)41-32-24-44(28-13-14-28)17-9-5-8-12-27-20-39(27,36(48)43-54(50,51)31-15-16-31)42-34(46)33-19-30(23-45(33)35(32)47)52-29-18-26(21-40-22-29)25-10-6-4-7-11-25/h4,6-8,10-12,18,21-22,27-28,30-33H,5,9,13-17,19-20,23-24H2,1-3H3,(H,41,49)(H,42,46)(H,43,48)/b12-8-/t27?,30-,32+,33+,39-/m1/s1. The van der Waals surface area contributed by atoms with E-state index in [4.69, 9.17) is 9.47 Å². The van der Waals surface area contributed by atoms with Crippen molar-refractivity contribution in [2.45, 2.75) is 113 Å². The summed E-state index contributed by atoms with van der Waals surface area (Å²) in [5.41, 5.74) is -0.528. The Morgan fingerprint density at radius 1 is 1.02 bits per heavy atom. The van der Waals surface area contributed by atoms with Gasteiger partial charge in [-0.05, 0) is 83.9 Å². The number of allylic oxidation sites excluding steroid dienone is 1. The van der Waals surface area contributed by atoms with E-state index in [2.05, 4.69) is 25.2 Å². The molecule has 0 bridgehead atoms. The highest BCUT2D eigenvalue weighted by Gasteiger charge is 2.62. The van der Waals surface area contributed by atoms with Crippen LogP contribution in [0.25, 0.3) is 11.1 Å². The smallest absolute Gasteiger partial charge is 0.408 e. The van der Waals surface area contributed by atoms with E-state index in [-0.39, 0.29) is 32.0 Å². The predicted octanol–water partition coefficient (Wildman–Crippen LogP) is 3.29. The molecule has 15 heteroatoms. The van der Waals surface area contributed by atoms with E-state index in [0.29, 0.717) is 31.6 Å². The van der Waals surface area contributed by atoms with Crippen molar-refractivity contribution in [2.24, 2.45) is 5.92 Å². The number of nitrogens with zero attached hydrogens (tertiary/aromatic N) is 3. The predicted molar refractivity (Wildman–Crippen MR) is 199 cm³/mol. The lowest BCUT2D eigenvalue weighted by Crippen LogP contribution is -2.60. The second-order valence-electron chi connectivity index (χ2n) is 16.2. The summed E-state index contributed by atoms with van der Waals surface area (Å²) in [7, 11) is -3.89. The maximum atomic E-state index is 14.7. The molecule has 290 valence electrons. The third kappa shape index (κ3) is 8.89. The number of hydrogen-bond acceptors (Lipinski definition) is 10. The molecule has 3 saturated carbocycles. The summed E-state index contributed by atoms with van der Waals surface area (Å²) in [6.07, 6.45) is 10.4. The van der Waals surface area contributed by atoms with Gasteiger partial charge in [0.15, 0.2) is 0 Å². The number of sulfonamides is 1. The van der Waals surface area contributed by atoms with Crippen molar-refractivity contribution in [2.75, 3.05) is 19.6 Å². The minimum atomic E-state index is -3.89. The summed E-state index contributed by atoms with van der Waals surface area (Å²) in [4.78, 5) is 64.1. The van der Waals surface area contributed by atoms with Crippen LogP contribution in [0.15, 0.2) is 60.9 Å². The van der Waals surface area contributed by atoms with Crippen LogP contribution in [0.3, 0.4) is 0 Å². The molecule has 4 amide bonds. The van der Waals surface area contributed by atoms with E-state index in [9.17, 15) is 27.6 Å². The van der Waals surface area contributed by atoms with Gasteiger partial charge in [0.05, 0.1) is 18.0 Å². The van der Waals surface area contributed by atoms with E-state index in [1.54, 1.807) is 33.2 Å². The first-order chi connectivity index (χ1) is 25.7. The lowest BCUT2D eigenvalue weighted by molar-refractivity contribution is -0.141. The third-order valence-electron chi connectivity index (χ3n) is 10.6. The van der Waals surface area contributed by atoms with Crippen molar-refractivity contribution in [1.82, 2.24) is 30.1 Å². The van der Waals surface area contributed by atoms with Crippen LogP contribution in [0.2, 0.25) is 0 Å². The number of pyridine rings is 1. The number of nitrogens with one attached hydrogen (secondary N) is 3. The first-order valence-electron chi connectivity index (χ1n) is 19.0. The first-order valence-corrected chi connectivity index (χ1v) is 20.5. The number of benzene rings is 1. The number of rotatable bonds is 8. The number of aromatic nitrogens is 1. The fourth-order valence-corrected chi connectivity index (χ4v) is 8.78. The van der Waals surface area contributed by atoms with Crippen LogP contribution >= 0.6 is 0 Å². The van der Waals surface area contributed by atoms with Gasteiger partial charge in [-0.2, -0.15) is 0 Å². The van der Waals surface area contributed by atoms with E-state index < -0.39 is 74.3 Å². The molecule has 2 aromatic rings. The summed E-state index contributed by atoms with van der Waals surface area (Å²) < 4.78 is 39.9. The van der Waals surface area contributed by atoms with Crippen molar-refractivity contribution in [1.29, 1.82) is 0 Å². The fraction of sp³-hybridized carbons (Fsp3) is 0.564. The van der Waals surface area contributed by atoms with Crippen molar-refractivity contribution in [3.05, 3.63) is 60.9 Å². The van der Waals surface area contributed by atoms with Crippen LogP contribution in [-0.2, 0) is 29.1 Å². The Labute approximate surface area is 316 Å². The first kappa shape index (κ1) is 37.8. The summed E-state index contributed by atoms with van der Waals surface area (Å²) in [6.45, 7) is 6.13. The van der Waals surface area contributed by atoms with Crippen molar-refractivity contribution in [3.8, 4) is 16.9 Å². The van der Waals surface area contributed by atoms with Gasteiger partial charge in [-0.25, -0.2) is 13.2 Å². The quantitative estimate of drug-likeness (QED) is 0.339. The summed E-state index contributed by atoms with van der Waals surface area (Å²) >= 11 is 0. The Kier molecular flexibility index (Phi) is 10.5. The largest absolute Gasteiger partial charge is 0.487 e. The van der Waals surface area contributed by atoms with E-state index in [0.717, 1.165) is 30.4 Å². The maximum absolute atomic E-state index is 14.7. The molecule has 3 heterocycles. The normalized spacial score (nSPS) is 28.7. The average molecular weight is 763 g/mol. The number of ether oxygens (including phenoxy) is 2. The van der Waals surface area contributed by atoms with Crippen LogP contribution in [0.5, 0.6) is 5.75 Å². The fourth-order valence-electron chi connectivity index (χ4n) is 7.41. The Morgan fingerprint density at radius 3 is 2.48 bits per heavy atom. The maximum Gasteiger partial charge on any atom is 0.408 e. The molecule has 1 saturated heterocycles. The van der Waals surface area contributed by atoms with Crippen molar-refractivity contribution >= 4 is 33.8 Å². The molecule has 7 rings (SSSR count). The van der Waals surface area contributed by atoms with Crippen molar-refractivity contribution < 1.29 is 37.1 Å². The Balaban J connectivity index is 1.20. The van der Waals surface area contributed by atoms with Crippen molar-refractivity contribution in [3.63, 3.8) is 0 Å². The lowest BCUT2D eigenvalue weighted by Gasteiger charge is -2.33. The summed E-state index contributed by atoms with van der Waals surface area (Å²) in [6, 6.07) is 9.67. The number of carbonyl (C=O) groups excluding carboxylic acids is 4. The van der Waals surface area contributed by atoms with Gasteiger partial charge in [0.2, 0.25) is 21.8 Å². The zero-order chi connectivity index (χ0) is 38.3. The van der Waals surface area contributed by atoms with E-state index >= 15 is 0 Å².